The number of nitrogens with zero attached hydrogens (tertiary/aromatic N) is 2. The Hall–Kier alpha value is -3.41. The zero-order valence-electron chi connectivity index (χ0n) is 15.0. The zero-order chi connectivity index (χ0) is 19.2. The lowest BCUT2D eigenvalue weighted by molar-refractivity contribution is -0.385. The summed E-state index contributed by atoms with van der Waals surface area (Å²) in [6, 6.07) is 17.5. The third-order valence-electron chi connectivity index (χ3n) is 4.35. The normalized spacial score (nSPS) is 10.6. The van der Waals surface area contributed by atoms with Gasteiger partial charge in [-0.05, 0) is 35.7 Å². The van der Waals surface area contributed by atoms with E-state index < -0.39 is 10.8 Å². The molecule has 0 fully saturated rings. The molecule has 0 bridgehead atoms. The van der Waals surface area contributed by atoms with Gasteiger partial charge in [-0.15, -0.1) is 0 Å². The molecule has 6 heteroatoms. The summed E-state index contributed by atoms with van der Waals surface area (Å²) < 4.78 is 5.37. The summed E-state index contributed by atoms with van der Waals surface area (Å²) in [5.74, 6) is 0.213. The molecular weight excluding hydrogens is 344 g/mol. The maximum Gasteiger partial charge on any atom is 0.282 e. The largest absolute Gasteiger partial charge is 0.467 e. The molecule has 1 aromatic heterocycles. The first-order valence-electron chi connectivity index (χ1n) is 8.71. The molecule has 2 aromatic carbocycles. The van der Waals surface area contributed by atoms with Gasteiger partial charge in [0.15, 0.2) is 0 Å². The van der Waals surface area contributed by atoms with Crippen molar-refractivity contribution in [3.05, 3.63) is 99.5 Å². The molecule has 1 heterocycles. The van der Waals surface area contributed by atoms with Crippen molar-refractivity contribution in [1.29, 1.82) is 0 Å². The van der Waals surface area contributed by atoms with Crippen LogP contribution in [0.25, 0.3) is 0 Å². The van der Waals surface area contributed by atoms with Crippen LogP contribution in [0.4, 0.5) is 5.69 Å². The van der Waals surface area contributed by atoms with Gasteiger partial charge in [0.2, 0.25) is 0 Å². The number of benzene rings is 2. The quantitative estimate of drug-likeness (QED) is 0.454. The molecule has 0 aliphatic rings. The van der Waals surface area contributed by atoms with Crippen molar-refractivity contribution in [3.63, 3.8) is 0 Å². The molecular formula is C21H20N2O4. The second-order valence-electron chi connectivity index (χ2n) is 6.18. The molecule has 3 aromatic rings. The van der Waals surface area contributed by atoms with E-state index >= 15 is 0 Å². The van der Waals surface area contributed by atoms with Gasteiger partial charge in [0, 0.05) is 12.6 Å². The van der Waals surface area contributed by atoms with Gasteiger partial charge < -0.3 is 9.32 Å². The Morgan fingerprint density at radius 3 is 2.33 bits per heavy atom. The van der Waals surface area contributed by atoms with Crippen LogP contribution in [0.15, 0.2) is 71.3 Å². The molecule has 138 valence electrons. The van der Waals surface area contributed by atoms with Gasteiger partial charge in [0.1, 0.15) is 11.3 Å². The highest BCUT2D eigenvalue weighted by molar-refractivity contribution is 5.98. The molecule has 0 spiro atoms. The van der Waals surface area contributed by atoms with Gasteiger partial charge in [-0.25, -0.2) is 0 Å². The van der Waals surface area contributed by atoms with Crippen LogP contribution in [0.2, 0.25) is 0 Å². The van der Waals surface area contributed by atoms with Crippen LogP contribution in [0.3, 0.4) is 0 Å². The lowest BCUT2D eigenvalue weighted by Gasteiger charge is -2.22. The van der Waals surface area contributed by atoms with E-state index in [9.17, 15) is 14.9 Å². The maximum absolute atomic E-state index is 13.1. The van der Waals surface area contributed by atoms with E-state index in [2.05, 4.69) is 6.92 Å². The molecule has 0 N–H and O–H groups in total. The number of hydrogen-bond acceptors (Lipinski definition) is 4. The van der Waals surface area contributed by atoms with Crippen LogP contribution in [-0.4, -0.2) is 15.7 Å². The first-order valence-corrected chi connectivity index (χ1v) is 8.71. The van der Waals surface area contributed by atoms with Gasteiger partial charge in [0.05, 0.1) is 17.7 Å². The fourth-order valence-electron chi connectivity index (χ4n) is 2.87. The summed E-state index contributed by atoms with van der Waals surface area (Å²) in [6.45, 7) is 2.64. The van der Waals surface area contributed by atoms with Crippen LogP contribution in [0.5, 0.6) is 0 Å². The zero-order valence-corrected chi connectivity index (χ0v) is 15.0. The monoisotopic (exact) mass is 364 g/mol. The number of hydrogen-bond donors (Lipinski definition) is 0. The van der Waals surface area contributed by atoms with E-state index in [4.69, 9.17) is 4.42 Å². The van der Waals surface area contributed by atoms with Gasteiger partial charge in [-0.1, -0.05) is 43.3 Å². The number of nitro benzene ring substituents is 1. The standard InChI is InChI=1S/C21H20N2O4/c1-2-16-9-11-17(12-10-16)14-22(15-18-6-5-13-27-18)21(24)19-7-3-4-8-20(19)23(25)26/h3-13H,2,14-15H2,1H3. The summed E-state index contributed by atoms with van der Waals surface area (Å²) in [6.07, 6.45) is 2.48. The summed E-state index contributed by atoms with van der Waals surface area (Å²) in [5, 5.41) is 11.3. The number of para-hydroxylation sites is 1. The minimum atomic E-state index is -0.533. The molecule has 0 atom stereocenters. The number of aryl methyl sites for hydroxylation is 1. The molecule has 27 heavy (non-hydrogen) atoms. The van der Waals surface area contributed by atoms with Crippen molar-refractivity contribution in [2.24, 2.45) is 0 Å². The smallest absolute Gasteiger partial charge is 0.282 e. The van der Waals surface area contributed by atoms with Crippen molar-refractivity contribution in [3.8, 4) is 0 Å². The number of furan rings is 1. The van der Waals surface area contributed by atoms with E-state index in [1.807, 2.05) is 24.3 Å². The Labute approximate surface area is 157 Å². The van der Waals surface area contributed by atoms with Crippen molar-refractivity contribution in [2.75, 3.05) is 0 Å². The van der Waals surface area contributed by atoms with Crippen molar-refractivity contribution in [2.45, 2.75) is 26.4 Å². The number of carbonyl (C=O) groups is 1. The fourth-order valence-corrected chi connectivity index (χ4v) is 2.87. The van der Waals surface area contributed by atoms with Crippen LogP contribution >= 0.6 is 0 Å². The Morgan fingerprint density at radius 2 is 1.70 bits per heavy atom. The lowest BCUT2D eigenvalue weighted by Crippen LogP contribution is -2.30. The molecule has 0 radical (unpaired) electrons. The van der Waals surface area contributed by atoms with Crippen LogP contribution in [0.1, 0.15) is 34.2 Å². The molecule has 0 unspecified atom stereocenters. The van der Waals surface area contributed by atoms with E-state index in [0.717, 1.165) is 12.0 Å². The van der Waals surface area contributed by atoms with Crippen molar-refractivity contribution < 1.29 is 14.1 Å². The van der Waals surface area contributed by atoms with Crippen LogP contribution in [0, 0.1) is 10.1 Å². The molecule has 0 saturated heterocycles. The molecule has 0 saturated carbocycles. The predicted octanol–water partition coefficient (Wildman–Crippen LogP) is 4.59. The summed E-state index contributed by atoms with van der Waals surface area (Å²) in [7, 11) is 0. The number of amides is 1. The van der Waals surface area contributed by atoms with E-state index in [-0.39, 0.29) is 17.8 Å². The second-order valence-corrected chi connectivity index (χ2v) is 6.18. The Kier molecular flexibility index (Phi) is 5.66. The van der Waals surface area contributed by atoms with Gasteiger partial charge >= 0.3 is 0 Å². The summed E-state index contributed by atoms with van der Waals surface area (Å²) in [5.41, 5.74) is 2.03. The van der Waals surface area contributed by atoms with Crippen molar-refractivity contribution >= 4 is 11.6 Å². The minimum absolute atomic E-state index is 0.0687. The Morgan fingerprint density at radius 1 is 1.00 bits per heavy atom. The third-order valence-corrected chi connectivity index (χ3v) is 4.35. The average molecular weight is 364 g/mol. The second kappa shape index (κ2) is 8.31. The van der Waals surface area contributed by atoms with Crippen LogP contribution in [-0.2, 0) is 19.5 Å². The lowest BCUT2D eigenvalue weighted by atomic mass is 10.1. The fraction of sp³-hybridized carbons (Fsp3) is 0.190. The maximum atomic E-state index is 13.1. The Bertz CT molecular complexity index is 918. The van der Waals surface area contributed by atoms with E-state index in [1.54, 1.807) is 35.4 Å². The highest BCUT2D eigenvalue weighted by Crippen LogP contribution is 2.22. The molecule has 3 rings (SSSR count). The van der Waals surface area contributed by atoms with E-state index in [0.29, 0.717) is 12.3 Å². The molecule has 0 aliphatic heterocycles. The highest BCUT2D eigenvalue weighted by atomic mass is 16.6. The topological polar surface area (TPSA) is 76.6 Å². The number of carbonyl (C=O) groups excluding carboxylic acids is 1. The molecule has 1 amide bonds. The Balaban J connectivity index is 1.91. The summed E-state index contributed by atoms with van der Waals surface area (Å²) in [4.78, 5) is 25.4. The first-order chi connectivity index (χ1) is 13.1. The third kappa shape index (κ3) is 4.41. The van der Waals surface area contributed by atoms with Gasteiger partial charge in [0.25, 0.3) is 11.6 Å². The minimum Gasteiger partial charge on any atom is -0.467 e. The molecule has 0 aliphatic carbocycles. The predicted molar refractivity (Wildman–Crippen MR) is 101 cm³/mol. The van der Waals surface area contributed by atoms with Gasteiger partial charge in [-0.2, -0.15) is 0 Å². The SMILES string of the molecule is CCc1ccc(CN(Cc2ccco2)C(=O)c2ccccc2[N+](=O)[O-])cc1. The van der Waals surface area contributed by atoms with Crippen molar-refractivity contribution in [1.82, 2.24) is 4.90 Å². The summed E-state index contributed by atoms with van der Waals surface area (Å²) >= 11 is 0. The van der Waals surface area contributed by atoms with Crippen LogP contribution < -0.4 is 0 Å². The molecule has 6 nitrogen and oxygen atoms in total. The van der Waals surface area contributed by atoms with E-state index in [1.165, 1.54) is 17.7 Å². The van der Waals surface area contributed by atoms with Gasteiger partial charge in [-0.3, -0.25) is 14.9 Å². The first kappa shape index (κ1) is 18.4. The highest BCUT2D eigenvalue weighted by Gasteiger charge is 2.25. The number of nitro groups is 1. The number of rotatable bonds is 7. The average Bonchev–Trinajstić information content (AvgIpc) is 3.20.